The maximum atomic E-state index is 4.40. The van der Waals surface area contributed by atoms with Crippen LogP contribution in [-0.2, 0) is 13.1 Å². The van der Waals surface area contributed by atoms with Crippen LogP contribution in [0.25, 0.3) is 0 Å². The minimum Gasteiger partial charge on any atom is -0.291 e. The van der Waals surface area contributed by atoms with Crippen LogP contribution in [0.4, 0.5) is 0 Å². The Hall–Kier alpha value is -1.20. The topological polar surface area (TPSA) is 34.0 Å². The molecule has 0 spiro atoms. The van der Waals surface area contributed by atoms with E-state index in [2.05, 4.69) is 69.0 Å². The fraction of sp³-hybridized carbons (Fsp3) is 0.467. The van der Waals surface area contributed by atoms with Gasteiger partial charge in [0, 0.05) is 24.5 Å². The van der Waals surface area contributed by atoms with Crippen LogP contribution in [0.2, 0.25) is 0 Å². The third kappa shape index (κ3) is 4.15. The lowest BCUT2D eigenvalue weighted by molar-refractivity contribution is 0.259. The number of halogens is 1. The van der Waals surface area contributed by atoms with Crippen molar-refractivity contribution in [1.29, 1.82) is 0 Å². The van der Waals surface area contributed by atoms with Gasteiger partial charge in [-0.3, -0.25) is 4.90 Å². The van der Waals surface area contributed by atoms with Gasteiger partial charge < -0.3 is 0 Å². The number of hydrogen-bond acceptors (Lipinski definition) is 3. The molecular weight excluding hydrogens is 316 g/mol. The first-order chi connectivity index (χ1) is 9.70. The molecule has 1 heterocycles. The fourth-order valence-corrected chi connectivity index (χ4v) is 2.70. The molecule has 0 bridgehead atoms. The molecule has 0 N–H and O–H groups in total. The van der Waals surface area contributed by atoms with Crippen molar-refractivity contribution in [2.24, 2.45) is 0 Å². The molecule has 1 aromatic carbocycles. The third-order valence-corrected chi connectivity index (χ3v) is 3.51. The van der Waals surface area contributed by atoms with E-state index in [1.807, 2.05) is 10.7 Å². The van der Waals surface area contributed by atoms with Gasteiger partial charge in [0.05, 0.1) is 6.54 Å². The van der Waals surface area contributed by atoms with Gasteiger partial charge in [0.2, 0.25) is 0 Å². The van der Waals surface area contributed by atoms with Crippen molar-refractivity contribution < 1.29 is 0 Å². The molecule has 0 aliphatic carbocycles. The normalized spacial score (nSPS) is 11.4. The first-order valence-corrected chi connectivity index (χ1v) is 8.03. The zero-order valence-corrected chi connectivity index (χ0v) is 13.6. The summed E-state index contributed by atoms with van der Waals surface area (Å²) in [4.78, 5) is 6.78. The second-order valence-electron chi connectivity index (χ2n) is 5.10. The molecule has 0 saturated carbocycles. The van der Waals surface area contributed by atoms with Crippen LogP contribution in [0, 0.1) is 0 Å². The Morgan fingerprint density at radius 3 is 2.60 bits per heavy atom. The second-order valence-corrected chi connectivity index (χ2v) is 5.89. The van der Waals surface area contributed by atoms with E-state index in [1.165, 1.54) is 5.56 Å². The van der Waals surface area contributed by atoms with Gasteiger partial charge in [-0.2, -0.15) is 5.10 Å². The van der Waals surface area contributed by atoms with Crippen molar-refractivity contribution in [3.8, 4) is 0 Å². The average molecular weight is 337 g/mol. The number of rotatable bonds is 7. The summed E-state index contributed by atoms with van der Waals surface area (Å²) in [5.41, 5.74) is 1.32. The van der Waals surface area contributed by atoms with Gasteiger partial charge in [-0.25, -0.2) is 9.67 Å². The Bertz CT molecular complexity index is 510. The number of alkyl halides is 1. The highest BCUT2D eigenvalue weighted by molar-refractivity contribution is 9.09. The molecule has 5 heteroatoms. The molecular formula is C15H21BrN4. The second kappa shape index (κ2) is 7.55. The lowest BCUT2D eigenvalue weighted by Gasteiger charge is -2.21. The zero-order chi connectivity index (χ0) is 14.4. The van der Waals surface area contributed by atoms with Crippen LogP contribution >= 0.6 is 15.9 Å². The Labute approximate surface area is 128 Å². The van der Waals surface area contributed by atoms with Gasteiger partial charge in [0.1, 0.15) is 12.2 Å². The maximum absolute atomic E-state index is 4.40. The molecule has 2 aromatic rings. The first-order valence-electron chi connectivity index (χ1n) is 6.91. The van der Waals surface area contributed by atoms with E-state index >= 15 is 0 Å². The number of aromatic nitrogens is 3. The Balaban J connectivity index is 2.07. The minimum atomic E-state index is 0.343. The minimum absolute atomic E-state index is 0.343. The zero-order valence-electron chi connectivity index (χ0n) is 12.0. The summed E-state index contributed by atoms with van der Waals surface area (Å²) in [5, 5.41) is 5.26. The molecule has 20 heavy (non-hydrogen) atoms. The molecule has 0 aliphatic heterocycles. The molecule has 0 aliphatic rings. The van der Waals surface area contributed by atoms with Gasteiger partial charge in [-0.05, 0) is 19.4 Å². The quantitative estimate of drug-likeness (QED) is 0.728. The Kier molecular flexibility index (Phi) is 5.73. The van der Waals surface area contributed by atoms with E-state index in [-0.39, 0.29) is 0 Å². The van der Waals surface area contributed by atoms with Crippen molar-refractivity contribution in [2.75, 3.05) is 11.9 Å². The lowest BCUT2D eigenvalue weighted by Crippen LogP contribution is -2.27. The van der Waals surface area contributed by atoms with E-state index in [0.29, 0.717) is 6.04 Å². The van der Waals surface area contributed by atoms with E-state index in [9.17, 15) is 0 Å². The SMILES string of the molecule is CC(C)n1ncnc1CN(CCBr)Cc1ccccc1. The monoisotopic (exact) mass is 336 g/mol. The van der Waals surface area contributed by atoms with Crippen molar-refractivity contribution in [2.45, 2.75) is 33.0 Å². The third-order valence-electron chi connectivity index (χ3n) is 3.15. The van der Waals surface area contributed by atoms with E-state index in [1.54, 1.807) is 6.33 Å². The van der Waals surface area contributed by atoms with Crippen molar-refractivity contribution >= 4 is 15.9 Å². The summed E-state index contributed by atoms with van der Waals surface area (Å²) in [6.45, 7) is 6.99. The summed E-state index contributed by atoms with van der Waals surface area (Å²) in [7, 11) is 0. The van der Waals surface area contributed by atoms with Crippen LogP contribution < -0.4 is 0 Å². The predicted octanol–water partition coefficient (Wildman–Crippen LogP) is 3.26. The van der Waals surface area contributed by atoms with Crippen molar-refractivity contribution in [1.82, 2.24) is 19.7 Å². The summed E-state index contributed by atoms with van der Waals surface area (Å²) in [6, 6.07) is 10.9. The molecule has 4 nitrogen and oxygen atoms in total. The van der Waals surface area contributed by atoms with Gasteiger partial charge >= 0.3 is 0 Å². The number of benzene rings is 1. The molecule has 0 fully saturated rings. The van der Waals surface area contributed by atoms with Gasteiger partial charge in [0.25, 0.3) is 0 Å². The predicted molar refractivity (Wildman–Crippen MR) is 84.8 cm³/mol. The maximum Gasteiger partial charge on any atom is 0.141 e. The Morgan fingerprint density at radius 1 is 1.20 bits per heavy atom. The highest BCUT2D eigenvalue weighted by atomic mass is 79.9. The van der Waals surface area contributed by atoms with Crippen LogP contribution in [0.15, 0.2) is 36.7 Å². The Morgan fingerprint density at radius 2 is 1.95 bits per heavy atom. The van der Waals surface area contributed by atoms with Crippen LogP contribution in [0.5, 0.6) is 0 Å². The molecule has 0 unspecified atom stereocenters. The molecule has 0 radical (unpaired) electrons. The molecule has 108 valence electrons. The molecule has 1 aromatic heterocycles. The standard InChI is InChI=1S/C15H21BrN4/c1-13(2)20-15(17-12-18-20)11-19(9-8-16)10-14-6-4-3-5-7-14/h3-7,12-13H,8-11H2,1-2H3. The highest BCUT2D eigenvalue weighted by Gasteiger charge is 2.12. The molecule has 0 saturated heterocycles. The number of hydrogen-bond donors (Lipinski definition) is 0. The van der Waals surface area contributed by atoms with Gasteiger partial charge in [-0.15, -0.1) is 0 Å². The summed E-state index contributed by atoms with van der Waals surface area (Å²) >= 11 is 3.53. The van der Waals surface area contributed by atoms with Crippen LogP contribution in [0.1, 0.15) is 31.3 Å². The number of nitrogens with zero attached hydrogens (tertiary/aromatic N) is 4. The smallest absolute Gasteiger partial charge is 0.141 e. The van der Waals surface area contributed by atoms with Gasteiger partial charge in [0.15, 0.2) is 0 Å². The van der Waals surface area contributed by atoms with Gasteiger partial charge in [-0.1, -0.05) is 46.3 Å². The van der Waals surface area contributed by atoms with Crippen molar-refractivity contribution in [3.63, 3.8) is 0 Å². The summed E-state index contributed by atoms with van der Waals surface area (Å²) in [5.74, 6) is 1.02. The summed E-state index contributed by atoms with van der Waals surface area (Å²) < 4.78 is 1.99. The summed E-state index contributed by atoms with van der Waals surface area (Å²) in [6.07, 6.45) is 1.64. The molecule has 2 rings (SSSR count). The van der Waals surface area contributed by atoms with E-state index < -0.39 is 0 Å². The lowest BCUT2D eigenvalue weighted by atomic mass is 10.2. The molecule has 0 amide bonds. The van der Waals surface area contributed by atoms with E-state index in [4.69, 9.17) is 0 Å². The van der Waals surface area contributed by atoms with Crippen LogP contribution in [0.3, 0.4) is 0 Å². The highest BCUT2D eigenvalue weighted by Crippen LogP contribution is 2.11. The average Bonchev–Trinajstić information content (AvgIpc) is 2.88. The first kappa shape index (κ1) is 15.2. The van der Waals surface area contributed by atoms with E-state index in [0.717, 1.165) is 30.8 Å². The van der Waals surface area contributed by atoms with Crippen molar-refractivity contribution in [3.05, 3.63) is 48.0 Å². The largest absolute Gasteiger partial charge is 0.291 e. The molecule has 0 atom stereocenters. The fourth-order valence-electron chi connectivity index (χ4n) is 2.19. The van der Waals surface area contributed by atoms with Crippen LogP contribution in [-0.4, -0.2) is 31.5 Å².